The summed E-state index contributed by atoms with van der Waals surface area (Å²) in [6, 6.07) is 3.71. The number of carbonyl (C=O) groups excluding carboxylic acids is 1. The van der Waals surface area contributed by atoms with Gasteiger partial charge in [-0.3, -0.25) is 9.63 Å². The van der Waals surface area contributed by atoms with Gasteiger partial charge in [0.2, 0.25) is 5.91 Å². The first-order chi connectivity index (χ1) is 9.08. The van der Waals surface area contributed by atoms with Crippen LogP contribution in [-0.4, -0.2) is 30.2 Å². The maximum Gasteiger partial charge on any atom is 0.243 e. The van der Waals surface area contributed by atoms with Crippen LogP contribution in [0.3, 0.4) is 0 Å². The summed E-state index contributed by atoms with van der Waals surface area (Å²) in [5.41, 5.74) is 5.95. The minimum absolute atomic E-state index is 0.0136. The maximum absolute atomic E-state index is 13.0. The van der Waals surface area contributed by atoms with Gasteiger partial charge in [0.15, 0.2) is 0 Å². The number of nitrogen functional groups attached to an aromatic ring is 1. The van der Waals surface area contributed by atoms with Crippen LogP contribution in [-0.2, 0) is 9.63 Å². The Hall–Kier alpha value is -1.66. The molecule has 1 unspecified atom stereocenters. The van der Waals surface area contributed by atoms with Crippen LogP contribution in [0.15, 0.2) is 18.2 Å². The Bertz CT molecular complexity index is 461. The fourth-order valence-electron chi connectivity index (χ4n) is 1.92. The SMILES string of the molecule is CC(C(=O)Nc1ccc(F)c(N)c1)N1CCCCO1. The molecule has 0 radical (unpaired) electrons. The van der Waals surface area contributed by atoms with Crippen molar-refractivity contribution in [2.45, 2.75) is 25.8 Å². The molecule has 1 aromatic rings. The predicted molar refractivity (Wildman–Crippen MR) is 70.8 cm³/mol. The number of rotatable bonds is 3. The molecule has 19 heavy (non-hydrogen) atoms. The van der Waals surface area contributed by atoms with Crippen LogP contribution in [0.5, 0.6) is 0 Å². The Kier molecular flexibility index (Phi) is 4.34. The molecule has 6 heteroatoms. The highest BCUT2D eigenvalue weighted by Gasteiger charge is 2.24. The smallest absolute Gasteiger partial charge is 0.243 e. The number of nitrogens with zero attached hydrogens (tertiary/aromatic N) is 1. The molecule has 1 heterocycles. The van der Waals surface area contributed by atoms with Gasteiger partial charge < -0.3 is 11.1 Å². The van der Waals surface area contributed by atoms with Crippen LogP contribution in [0.4, 0.5) is 15.8 Å². The third-order valence-electron chi connectivity index (χ3n) is 3.10. The minimum atomic E-state index is -0.495. The summed E-state index contributed by atoms with van der Waals surface area (Å²) in [6.07, 6.45) is 2.03. The number of nitrogens with one attached hydrogen (secondary N) is 1. The molecule has 104 valence electrons. The van der Waals surface area contributed by atoms with Gasteiger partial charge in [-0.25, -0.2) is 4.39 Å². The number of halogens is 1. The molecule has 1 aliphatic rings. The Labute approximate surface area is 111 Å². The molecule has 0 aliphatic carbocycles. The van der Waals surface area contributed by atoms with E-state index in [9.17, 15) is 9.18 Å². The van der Waals surface area contributed by atoms with Gasteiger partial charge in [-0.2, -0.15) is 5.06 Å². The van der Waals surface area contributed by atoms with Crippen molar-refractivity contribution in [3.63, 3.8) is 0 Å². The summed E-state index contributed by atoms with van der Waals surface area (Å²) in [6.45, 7) is 3.15. The van der Waals surface area contributed by atoms with E-state index >= 15 is 0 Å². The number of hydroxylamine groups is 2. The fourth-order valence-corrected chi connectivity index (χ4v) is 1.92. The third-order valence-corrected chi connectivity index (χ3v) is 3.10. The molecule has 1 saturated heterocycles. The molecule has 0 spiro atoms. The molecular formula is C13H18FN3O2. The molecule has 0 saturated carbocycles. The van der Waals surface area contributed by atoms with Crippen LogP contribution in [0.2, 0.25) is 0 Å². The summed E-state index contributed by atoms with van der Waals surface area (Å²) in [4.78, 5) is 17.5. The second-order valence-electron chi connectivity index (χ2n) is 4.58. The first kappa shape index (κ1) is 13.8. The number of hydrogen-bond acceptors (Lipinski definition) is 4. The Morgan fingerprint density at radius 1 is 1.53 bits per heavy atom. The Morgan fingerprint density at radius 3 is 2.95 bits per heavy atom. The van der Waals surface area contributed by atoms with Crippen molar-refractivity contribution in [2.75, 3.05) is 24.2 Å². The second-order valence-corrected chi connectivity index (χ2v) is 4.58. The van der Waals surface area contributed by atoms with Gasteiger partial charge in [0.1, 0.15) is 11.9 Å². The summed E-state index contributed by atoms with van der Waals surface area (Å²) in [5.74, 6) is -0.696. The number of carbonyl (C=O) groups is 1. The standard InChI is InChI=1S/C13H18FN3O2/c1-9(17-6-2-3-7-19-17)13(18)16-10-4-5-11(14)12(15)8-10/h4-5,8-9H,2-3,6-7,15H2,1H3,(H,16,18). The van der Waals surface area contributed by atoms with Crippen molar-refractivity contribution in [1.82, 2.24) is 5.06 Å². The molecule has 1 fully saturated rings. The Morgan fingerprint density at radius 2 is 2.32 bits per heavy atom. The highest BCUT2D eigenvalue weighted by atomic mass is 19.1. The van der Waals surface area contributed by atoms with Crippen LogP contribution >= 0.6 is 0 Å². The lowest BCUT2D eigenvalue weighted by molar-refractivity contribution is -0.202. The number of benzene rings is 1. The lowest BCUT2D eigenvalue weighted by atomic mass is 10.2. The highest BCUT2D eigenvalue weighted by molar-refractivity contribution is 5.94. The van der Waals surface area contributed by atoms with Crippen molar-refractivity contribution >= 4 is 17.3 Å². The Balaban J connectivity index is 1.97. The first-order valence-corrected chi connectivity index (χ1v) is 6.33. The highest BCUT2D eigenvalue weighted by Crippen LogP contribution is 2.17. The molecule has 0 bridgehead atoms. The number of anilines is 2. The zero-order valence-corrected chi connectivity index (χ0v) is 10.9. The van der Waals surface area contributed by atoms with Crippen molar-refractivity contribution in [2.24, 2.45) is 0 Å². The predicted octanol–water partition coefficient (Wildman–Crippen LogP) is 1.76. The number of hydrogen-bond donors (Lipinski definition) is 2. The van der Waals surface area contributed by atoms with E-state index < -0.39 is 11.9 Å². The maximum atomic E-state index is 13.0. The molecule has 2 rings (SSSR count). The van der Waals surface area contributed by atoms with Gasteiger partial charge in [0.05, 0.1) is 12.3 Å². The molecular weight excluding hydrogens is 249 g/mol. The summed E-state index contributed by atoms with van der Waals surface area (Å²) in [7, 11) is 0. The van der Waals surface area contributed by atoms with Crippen LogP contribution in [0, 0.1) is 5.82 Å². The zero-order valence-electron chi connectivity index (χ0n) is 10.9. The van der Waals surface area contributed by atoms with Gasteiger partial charge >= 0.3 is 0 Å². The van der Waals surface area contributed by atoms with Gasteiger partial charge in [0, 0.05) is 12.2 Å². The molecule has 0 aromatic heterocycles. The number of nitrogens with two attached hydrogens (primary N) is 1. The van der Waals surface area contributed by atoms with Crippen molar-refractivity contribution in [1.29, 1.82) is 0 Å². The largest absolute Gasteiger partial charge is 0.396 e. The summed E-state index contributed by atoms with van der Waals surface area (Å²) < 4.78 is 13.0. The molecule has 3 N–H and O–H groups in total. The molecule has 1 aromatic carbocycles. The van der Waals surface area contributed by atoms with Crippen LogP contribution < -0.4 is 11.1 Å². The van der Waals surface area contributed by atoms with E-state index in [4.69, 9.17) is 10.6 Å². The fraction of sp³-hybridized carbons (Fsp3) is 0.462. The lowest BCUT2D eigenvalue weighted by Gasteiger charge is -2.30. The van der Waals surface area contributed by atoms with E-state index in [0.29, 0.717) is 12.3 Å². The van der Waals surface area contributed by atoms with Crippen LogP contribution in [0.1, 0.15) is 19.8 Å². The van der Waals surface area contributed by atoms with Crippen molar-refractivity contribution < 1.29 is 14.0 Å². The van der Waals surface area contributed by atoms with E-state index in [2.05, 4.69) is 5.32 Å². The van der Waals surface area contributed by atoms with E-state index in [1.807, 2.05) is 0 Å². The van der Waals surface area contributed by atoms with Crippen LogP contribution in [0.25, 0.3) is 0 Å². The van der Waals surface area contributed by atoms with Crippen molar-refractivity contribution in [3.05, 3.63) is 24.0 Å². The average Bonchev–Trinajstić information content (AvgIpc) is 2.43. The normalized spacial score (nSPS) is 18.0. The van der Waals surface area contributed by atoms with Crippen molar-refractivity contribution in [3.8, 4) is 0 Å². The molecule has 1 amide bonds. The summed E-state index contributed by atoms with van der Waals surface area (Å²) in [5, 5.41) is 4.37. The lowest BCUT2D eigenvalue weighted by Crippen LogP contribution is -2.44. The molecule has 1 atom stereocenters. The van der Waals surface area contributed by atoms with Gasteiger partial charge in [-0.1, -0.05) is 0 Å². The third kappa shape index (κ3) is 3.42. The molecule has 5 nitrogen and oxygen atoms in total. The molecule has 1 aliphatic heterocycles. The van der Waals surface area contributed by atoms with Gasteiger partial charge in [-0.05, 0) is 38.0 Å². The summed E-state index contributed by atoms with van der Waals surface area (Å²) >= 11 is 0. The number of amides is 1. The average molecular weight is 267 g/mol. The minimum Gasteiger partial charge on any atom is -0.396 e. The quantitative estimate of drug-likeness (QED) is 0.819. The monoisotopic (exact) mass is 267 g/mol. The topological polar surface area (TPSA) is 67.6 Å². The van der Waals surface area contributed by atoms with E-state index in [-0.39, 0.29) is 11.6 Å². The zero-order chi connectivity index (χ0) is 13.8. The van der Waals surface area contributed by atoms with E-state index in [0.717, 1.165) is 19.4 Å². The van der Waals surface area contributed by atoms with Gasteiger partial charge in [0.25, 0.3) is 0 Å². The van der Waals surface area contributed by atoms with E-state index in [1.54, 1.807) is 12.0 Å². The first-order valence-electron chi connectivity index (χ1n) is 6.33. The van der Waals surface area contributed by atoms with E-state index in [1.165, 1.54) is 18.2 Å². The van der Waals surface area contributed by atoms with Gasteiger partial charge in [-0.15, -0.1) is 0 Å². The second kappa shape index (κ2) is 5.99.